The van der Waals surface area contributed by atoms with Gasteiger partial charge in [0.15, 0.2) is 0 Å². The molecule has 0 aliphatic carbocycles. The van der Waals surface area contributed by atoms with Crippen LogP contribution in [0.2, 0.25) is 0 Å². The van der Waals surface area contributed by atoms with E-state index in [1.54, 1.807) is 0 Å². The van der Waals surface area contributed by atoms with Crippen molar-refractivity contribution < 1.29 is 40.1 Å². The summed E-state index contributed by atoms with van der Waals surface area (Å²) in [5.74, 6) is 0. The number of hydrogen-bond donors (Lipinski definition) is 0. The lowest BCUT2D eigenvalue weighted by Crippen LogP contribution is -1.91. The normalized spacial score (nSPS) is 20.2. The van der Waals surface area contributed by atoms with Crippen molar-refractivity contribution in [3.05, 3.63) is 157 Å². The summed E-state index contributed by atoms with van der Waals surface area (Å²) in [5, 5.41) is -5.09. The van der Waals surface area contributed by atoms with Crippen molar-refractivity contribution in [2.45, 2.75) is 0 Å². The first-order valence-electron chi connectivity index (χ1n) is 25.7. The molecule has 0 saturated heterocycles. The molecule has 0 aliphatic heterocycles. The van der Waals surface area contributed by atoms with E-state index in [-0.39, 0.29) is 0 Å². The first-order chi connectivity index (χ1) is 32.2. The zero-order valence-corrected chi connectivity index (χ0v) is 21.4. The van der Waals surface area contributed by atoms with Crippen molar-refractivity contribution in [2.75, 3.05) is 0 Å². The molecule has 0 fully saturated rings. The fraction of sp³-hybridized carbons (Fsp3) is 0. The molecular formula is C42H26O. The summed E-state index contributed by atoms with van der Waals surface area (Å²) < 4.78 is 237. The van der Waals surface area contributed by atoms with Gasteiger partial charge in [-0.2, -0.15) is 0 Å². The summed E-state index contributed by atoms with van der Waals surface area (Å²) in [5.41, 5.74) is -5.51. The van der Waals surface area contributed by atoms with Crippen LogP contribution in [-0.2, 0) is 0 Å². The molecule has 0 radical (unpaired) electrons. The summed E-state index contributed by atoms with van der Waals surface area (Å²) in [6.45, 7) is 0. The second-order valence-corrected chi connectivity index (χ2v) is 9.26. The van der Waals surface area contributed by atoms with Crippen LogP contribution < -0.4 is 0 Å². The van der Waals surface area contributed by atoms with Gasteiger partial charge in [-0.3, -0.25) is 0 Å². The number of benzene rings is 8. The minimum atomic E-state index is -0.970. The van der Waals surface area contributed by atoms with Gasteiger partial charge in [0.2, 0.25) is 0 Å². The SMILES string of the molecule is [2H]c1c([2H])c([2H])c(-c2c([2H])c([2H])c3oc4c([2H])c([2H])c(-c5c6c([2H])c([2H])c([2H])c([2H])c6c(-c6c([2H])c([2H])c7c([2H])c([2H])c([2H])c([2H])c7c6[2H])c6c([2H])c([2H])c([2H])c([2H])c56)c([2H])c4c3c2[2H])c([2H])c1[2H]. The van der Waals surface area contributed by atoms with Gasteiger partial charge < -0.3 is 4.42 Å². The Balaban J connectivity index is 1.59. The van der Waals surface area contributed by atoms with E-state index in [9.17, 15) is 13.7 Å². The van der Waals surface area contributed by atoms with Crippen LogP contribution in [0.15, 0.2) is 162 Å². The van der Waals surface area contributed by atoms with Gasteiger partial charge in [0.25, 0.3) is 0 Å². The first kappa shape index (κ1) is 9.69. The molecule has 0 spiro atoms. The Morgan fingerprint density at radius 3 is 1.42 bits per heavy atom. The molecule has 9 rings (SSSR count). The molecule has 1 nitrogen and oxygen atoms in total. The Morgan fingerprint density at radius 2 is 0.791 bits per heavy atom. The first-order valence-corrected chi connectivity index (χ1v) is 12.7. The second kappa shape index (κ2) is 9.44. The molecule has 8 aromatic carbocycles. The van der Waals surface area contributed by atoms with Gasteiger partial charge in [-0.15, -0.1) is 0 Å². The topological polar surface area (TPSA) is 13.1 Å². The number of rotatable bonds is 3. The van der Waals surface area contributed by atoms with E-state index in [1.807, 2.05) is 0 Å². The Morgan fingerprint density at radius 1 is 0.326 bits per heavy atom. The van der Waals surface area contributed by atoms with Gasteiger partial charge in [-0.05, 0) is 95.9 Å². The molecule has 0 amide bonds. The molecule has 0 saturated carbocycles. The van der Waals surface area contributed by atoms with E-state index >= 15 is 0 Å². The Labute approximate surface area is 285 Å². The standard InChI is InChI=1S/C42H26O/c1-2-10-27(11-3-1)30-20-22-39-37(25-30)38-26-32(21-23-40(38)43-39)42-35-16-8-6-14-33(35)41(34-15-7-9-17-36(34)42)31-19-18-28-12-4-5-13-29(28)24-31/h1-26H/i1D,2D,3D,4D,5D,6D,7D,8D,9D,10D,11D,12D,13D,14D,15D,16D,17D,18D,19D,20D,21D,22D,23D,24D,25D,26D. The maximum absolute atomic E-state index is 9.81. The van der Waals surface area contributed by atoms with Crippen LogP contribution in [0.4, 0.5) is 0 Å². The zero-order chi connectivity index (χ0) is 51.0. The van der Waals surface area contributed by atoms with Gasteiger partial charge in [0.05, 0.1) is 35.6 Å². The monoisotopic (exact) mass is 572 g/mol. The molecule has 43 heavy (non-hydrogen) atoms. The fourth-order valence-electron chi connectivity index (χ4n) is 5.05. The molecule has 0 atom stereocenters. The fourth-order valence-corrected chi connectivity index (χ4v) is 5.05. The van der Waals surface area contributed by atoms with E-state index in [2.05, 4.69) is 0 Å². The van der Waals surface area contributed by atoms with E-state index in [0.29, 0.717) is 0 Å². The lowest BCUT2D eigenvalue weighted by molar-refractivity contribution is 0.669. The summed E-state index contributed by atoms with van der Waals surface area (Å²) in [6, 6.07) is -23.2. The highest BCUT2D eigenvalue weighted by atomic mass is 16.3. The molecule has 0 bridgehead atoms. The third-order valence-corrected chi connectivity index (χ3v) is 6.89. The van der Waals surface area contributed by atoms with Crippen LogP contribution in [0.25, 0.3) is 87.6 Å². The van der Waals surface area contributed by atoms with Crippen molar-refractivity contribution in [1.82, 2.24) is 0 Å². The lowest BCUT2D eigenvalue weighted by Gasteiger charge is -2.18. The molecule has 1 heteroatoms. The highest BCUT2D eigenvalue weighted by Crippen LogP contribution is 2.45. The van der Waals surface area contributed by atoms with Crippen LogP contribution >= 0.6 is 0 Å². The predicted molar refractivity (Wildman–Crippen MR) is 183 cm³/mol. The third-order valence-electron chi connectivity index (χ3n) is 6.89. The average Bonchev–Trinajstić information content (AvgIpc) is 3.73. The molecule has 1 aromatic heterocycles. The van der Waals surface area contributed by atoms with Gasteiger partial charge in [-0.25, -0.2) is 0 Å². The Kier molecular flexibility index (Phi) is 2.13. The zero-order valence-electron chi connectivity index (χ0n) is 47.4. The third kappa shape index (κ3) is 3.79. The average molecular weight is 573 g/mol. The largest absolute Gasteiger partial charge is 0.456 e. The van der Waals surface area contributed by atoms with Crippen molar-refractivity contribution >= 4 is 54.3 Å². The van der Waals surface area contributed by atoms with Gasteiger partial charge in [0.1, 0.15) is 11.2 Å². The minimum Gasteiger partial charge on any atom is -0.456 e. The number of furan rings is 1. The highest BCUT2D eigenvalue weighted by molar-refractivity contribution is 6.22. The maximum atomic E-state index is 9.81. The van der Waals surface area contributed by atoms with Crippen molar-refractivity contribution in [1.29, 1.82) is 0 Å². The number of hydrogen-bond acceptors (Lipinski definition) is 1. The minimum absolute atomic E-state index is 0.539. The van der Waals surface area contributed by atoms with Crippen molar-refractivity contribution in [3.63, 3.8) is 0 Å². The van der Waals surface area contributed by atoms with Crippen LogP contribution in [0.5, 0.6) is 0 Å². The molecule has 9 aromatic rings. The summed E-state index contributed by atoms with van der Waals surface area (Å²) in [4.78, 5) is 0. The van der Waals surface area contributed by atoms with E-state index in [0.717, 1.165) is 0 Å². The van der Waals surface area contributed by atoms with Gasteiger partial charge in [-0.1, -0.05) is 127 Å². The molecule has 0 unspecified atom stereocenters. The van der Waals surface area contributed by atoms with Crippen LogP contribution in [0, 0.1) is 0 Å². The van der Waals surface area contributed by atoms with Crippen molar-refractivity contribution in [3.8, 4) is 33.4 Å². The van der Waals surface area contributed by atoms with Gasteiger partial charge in [0, 0.05) is 10.8 Å². The van der Waals surface area contributed by atoms with Crippen LogP contribution in [-0.4, -0.2) is 0 Å². The quantitative estimate of drug-likeness (QED) is 0.192. The van der Waals surface area contributed by atoms with E-state index in [4.69, 9.17) is 26.3 Å². The second-order valence-electron chi connectivity index (χ2n) is 9.26. The number of fused-ring (bicyclic) bond motifs is 6. The molecular weight excluding hydrogens is 520 g/mol. The highest BCUT2D eigenvalue weighted by Gasteiger charge is 2.18. The summed E-state index contributed by atoms with van der Waals surface area (Å²) >= 11 is 0. The van der Waals surface area contributed by atoms with Crippen LogP contribution in [0.1, 0.15) is 35.6 Å². The Bertz CT molecular complexity index is 3860. The Hall–Kier alpha value is -5.66. The summed E-state index contributed by atoms with van der Waals surface area (Å²) in [7, 11) is 0. The molecule has 0 aliphatic rings. The lowest BCUT2D eigenvalue weighted by atomic mass is 9.85. The molecule has 200 valence electrons. The predicted octanol–water partition coefficient (Wildman–Crippen LogP) is 12.0. The molecule has 1 heterocycles. The van der Waals surface area contributed by atoms with Crippen LogP contribution in [0.3, 0.4) is 0 Å². The van der Waals surface area contributed by atoms with Crippen molar-refractivity contribution in [2.24, 2.45) is 0 Å². The van der Waals surface area contributed by atoms with E-state index in [1.165, 1.54) is 0 Å². The molecule has 0 N–H and O–H groups in total. The van der Waals surface area contributed by atoms with E-state index < -0.39 is 245 Å². The summed E-state index contributed by atoms with van der Waals surface area (Å²) in [6.07, 6.45) is 0. The van der Waals surface area contributed by atoms with Gasteiger partial charge >= 0.3 is 0 Å². The maximum Gasteiger partial charge on any atom is 0.135 e. The smallest absolute Gasteiger partial charge is 0.135 e.